The van der Waals surface area contributed by atoms with E-state index in [0.29, 0.717) is 24.4 Å². The first kappa shape index (κ1) is 14.7. The average molecular weight is 294 g/mol. The third kappa shape index (κ3) is 3.91. The standard InChI is InChI=1S/C14H18N2O3S/c1-10-9-12(16-19-10)14(18)15-6-4-11(5-7-17)13-3-2-8-20-13/h2-3,8-9,11,17H,4-7H2,1H3,(H,15,18). The number of nitrogens with zero attached hydrogens (tertiary/aromatic N) is 1. The zero-order chi connectivity index (χ0) is 14.4. The molecule has 0 aliphatic rings. The van der Waals surface area contributed by atoms with Gasteiger partial charge in [0.15, 0.2) is 5.69 Å². The van der Waals surface area contributed by atoms with Crippen LogP contribution < -0.4 is 5.32 Å². The number of hydrogen-bond donors (Lipinski definition) is 2. The summed E-state index contributed by atoms with van der Waals surface area (Å²) >= 11 is 1.68. The summed E-state index contributed by atoms with van der Waals surface area (Å²) in [5.74, 6) is 0.669. The van der Waals surface area contributed by atoms with E-state index in [4.69, 9.17) is 9.63 Å². The summed E-state index contributed by atoms with van der Waals surface area (Å²) in [7, 11) is 0. The molecule has 20 heavy (non-hydrogen) atoms. The van der Waals surface area contributed by atoms with Gasteiger partial charge in [0.2, 0.25) is 0 Å². The number of aliphatic hydroxyl groups is 1. The molecule has 2 N–H and O–H groups in total. The maximum Gasteiger partial charge on any atom is 0.273 e. The van der Waals surface area contributed by atoms with E-state index in [1.165, 1.54) is 4.88 Å². The molecule has 108 valence electrons. The van der Waals surface area contributed by atoms with Crippen LogP contribution in [-0.4, -0.2) is 29.3 Å². The molecule has 1 amide bonds. The Balaban J connectivity index is 1.83. The Labute approximate surface area is 121 Å². The van der Waals surface area contributed by atoms with Crippen molar-refractivity contribution in [2.75, 3.05) is 13.2 Å². The minimum absolute atomic E-state index is 0.152. The van der Waals surface area contributed by atoms with Crippen molar-refractivity contribution >= 4 is 17.2 Å². The van der Waals surface area contributed by atoms with E-state index >= 15 is 0 Å². The third-order valence-corrected chi connectivity index (χ3v) is 4.10. The number of thiophene rings is 1. The van der Waals surface area contributed by atoms with Gasteiger partial charge in [0.05, 0.1) is 0 Å². The van der Waals surface area contributed by atoms with Crippen LogP contribution in [0.2, 0.25) is 0 Å². The van der Waals surface area contributed by atoms with E-state index in [1.807, 2.05) is 11.4 Å². The Hall–Kier alpha value is -1.66. The highest BCUT2D eigenvalue weighted by Gasteiger charge is 2.14. The van der Waals surface area contributed by atoms with Crippen molar-refractivity contribution in [2.24, 2.45) is 0 Å². The molecule has 6 heteroatoms. The van der Waals surface area contributed by atoms with Crippen LogP contribution >= 0.6 is 11.3 Å². The molecular weight excluding hydrogens is 276 g/mol. The molecule has 0 spiro atoms. The molecule has 0 aliphatic heterocycles. The van der Waals surface area contributed by atoms with E-state index in [9.17, 15) is 4.79 Å². The predicted molar refractivity (Wildman–Crippen MR) is 77.0 cm³/mol. The second kappa shape index (κ2) is 7.21. The van der Waals surface area contributed by atoms with Gasteiger partial charge in [-0.1, -0.05) is 11.2 Å². The van der Waals surface area contributed by atoms with E-state index in [1.54, 1.807) is 24.3 Å². The van der Waals surface area contributed by atoms with E-state index in [-0.39, 0.29) is 18.4 Å². The maximum atomic E-state index is 11.8. The zero-order valence-corrected chi connectivity index (χ0v) is 12.2. The molecule has 0 bridgehead atoms. The van der Waals surface area contributed by atoms with Gasteiger partial charge >= 0.3 is 0 Å². The molecule has 0 saturated carbocycles. The van der Waals surface area contributed by atoms with Gasteiger partial charge in [-0.3, -0.25) is 4.79 Å². The molecule has 0 fully saturated rings. The monoisotopic (exact) mass is 294 g/mol. The second-order valence-electron chi connectivity index (χ2n) is 4.59. The highest BCUT2D eigenvalue weighted by Crippen LogP contribution is 2.26. The molecule has 2 rings (SSSR count). The van der Waals surface area contributed by atoms with Gasteiger partial charge in [-0.15, -0.1) is 11.3 Å². The van der Waals surface area contributed by atoms with Gasteiger partial charge in [-0.25, -0.2) is 0 Å². The minimum atomic E-state index is -0.226. The van der Waals surface area contributed by atoms with Crippen molar-refractivity contribution in [2.45, 2.75) is 25.7 Å². The molecule has 0 radical (unpaired) electrons. The number of aryl methyl sites for hydroxylation is 1. The van der Waals surface area contributed by atoms with Gasteiger partial charge in [-0.05, 0) is 37.1 Å². The first-order chi connectivity index (χ1) is 9.70. The fraction of sp³-hybridized carbons (Fsp3) is 0.429. The smallest absolute Gasteiger partial charge is 0.273 e. The molecule has 0 saturated heterocycles. The Bertz CT molecular complexity index is 536. The summed E-state index contributed by atoms with van der Waals surface area (Å²) in [5.41, 5.74) is 0.303. The topological polar surface area (TPSA) is 75.4 Å². The Morgan fingerprint density at radius 3 is 3.00 bits per heavy atom. The Morgan fingerprint density at radius 1 is 1.55 bits per heavy atom. The van der Waals surface area contributed by atoms with Crippen molar-refractivity contribution < 1.29 is 14.4 Å². The van der Waals surface area contributed by atoms with Crippen LogP contribution in [-0.2, 0) is 0 Å². The molecule has 1 atom stereocenters. The number of aliphatic hydroxyl groups excluding tert-OH is 1. The third-order valence-electron chi connectivity index (χ3n) is 3.06. The molecule has 1 unspecified atom stereocenters. The van der Waals surface area contributed by atoms with Gasteiger partial charge in [-0.2, -0.15) is 0 Å². The van der Waals surface area contributed by atoms with E-state index in [0.717, 1.165) is 6.42 Å². The largest absolute Gasteiger partial charge is 0.396 e. The van der Waals surface area contributed by atoms with Gasteiger partial charge in [0.25, 0.3) is 5.91 Å². The van der Waals surface area contributed by atoms with Crippen LogP contribution in [0, 0.1) is 6.92 Å². The van der Waals surface area contributed by atoms with Crippen LogP contribution in [0.4, 0.5) is 0 Å². The van der Waals surface area contributed by atoms with Crippen molar-refractivity contribution in [3.8, 4) is 0 Å². The number of rotatable bonds is 7. The number of carbonyl (C=O) groups is 1. The summed E-state index contributed by atoms with van der Waals surface area (Å²) in [6.45, 7) is 2.45. The highest BCUT2D eigenvalue weighted by molar-refractivity contribution is 7.10. The Morgan fingerprint density at radius 2 is 2.40 bits per heavy atom. The zero-order valence-electron chi connectivity index (χ0n) is 11.3. The summed E-state index contributed by atoms with van der Waals surface area (Å²) in [6, 6.07) is 5.68. The van der Waals surface area contributed by atoms with Gasteiger partial charge < -0.3 is 14.9 Å². The van der Waals surface area contributed by atoms with Crippen LogP contribution in [0.5, 0.6) is 0 Å². The van der Waals surface area contributed by atoms with Crippen LogP contribution in [0.25, 0.3) is 0 Å². The van der Waals surface area contributed by atoms with Crippen LogP contribution in [0.15, 0.2) is 28.1 Å². The summed E-state index contributed by atoms with van der Waals surface area (Å²) < 4.78 is 4.87. The lowest BCUT2D eigenvalue weighted by molar-refractivity contribution is 0.0943. The normalized spacial score (nSPS) is 12.3. The molecule has 2 aromatic heterocycles. The summed E-state index contributed by atoms with van der Waals surface area (Å²) in [6.07, 6.45) is 1.50. The Kier molecular flexibility index (Phi) is 5.31. The first-order valence-electron chi connectivity index (χ1n) is 6.56. The van der Waals surface area contributed by atoms with Crippen LogP contribution in [0.1, 0.15) is 39.9 Å². The lowest BCUT2D eigenvalue weighted by Gasteiger charge is -2.14. The number of carbonyl (C=O) groups excluding carboxylic acids is 1. The molecule has 0 aliphatic carbocycles. The molecule has 2 aromatic rings. The fourth-order valence-electron chi connectivity index (χ4n) is 2.03. The maximum absolute atomic E-state index is 11.8. The summed E-state index contributed by atoms with van der Waals surface area (Å²) in [4.78, 5) is 13.0. The highest BCUT2D eigenvalue weighted by atomic mass is 32.1. The SMILES string of the molecule is Cc1cc(C(=O)NCCC(CCO)c2cccs2)no1. The lowest BCUT2D eigenvalue weighted by atomic mass is 10.00. The number of nitrogens with one attached hydrogen (secondary N) is 1. The molecule has 0 aromatic carbocycles. The van der Waals surface area contributed by atoms with Crippen LogP contribution in [0.3, 0.4) is 0 Å². The number of aromatic nitrogens is 1. The number of amides is 1. The minimum Gasteiger partial charge on any atom is -0.396 e. The average Bonchev–Trinajstić information content (AvgIpc) is 3.08. The quantitative estimate of drug-likeness (QED) is 0.822. The lowest BCUT2D eigenvalue weighted by Crippen LogP contribution is -2.26. The van der Waals surface area contributed by atoms with Gasteiger partial charge in [0.1, 0.15) is 5.76 Å². The summed E-state index contributed by atoms with van der Waals surface area (Å²) in [5, 5.41) is 17.6. The van der Waals surface area contributed by atoms with E-state index < -0.39 is 0 Å². The first-order valence-corrected chi connectivity index (χ1v) is 7.44. The molecule has 2 heterocycles. The number of hydrogen-bond acceptors (Lipinski definition) is 5. The van der Waals surface area contributed by atoms with Crippen molar-refractivity contribution in [1.29, 1.82) is 0 Å². The van der Waals surface area contributed by atoms with Crippen molar-refractivity contribution in [3.05, 3.63) is 39.9 Å². The fourth-order valence-corrected chi connectivity index (χ4v) is 2.93. The predicted octanol–water partition coefficient (Wildman–Crippen LogP) is 2.33. The van der Waals surface area contributed by atoms with Gasteiger partial charge in [0, 0.05) is 24.1 Å². The van der Waals surface area contributed by atoms with Crippen molar-refractivity contribution in [1.82, 2.24) is 10.5 Å². The molecule has 5 nitrogen and oxygen atoms in total. The second-order valence-corrected chi connectivity index (χ2v) is 5.57. The van der Waals surface area contributed by atoms with E-state index in [2.05, 4.69) is 16.5 Å². The van der Waals surface area contributed by atoms with Crippen molar-refractivity contribution in [3.63, 3.8) is 0 Å². The molecular formula is C14H18N2O3S.